The maximum absolute atomic E-state index is 12.7. The average molecular weight is 432 g/mol. The first-order valence-electron chi connectivity index (χ1n) is 10.1. The van der Waals surface area contributed by atoms with Crippen LogP contribution in [0.15, 0.2) is 47.4 Å². The number of hydrogen-bond donors (Lipinski definition) is 2. The molecule has 1 aliphatic heterocycles. The zero-order chi connectivity index (χ0) is 21.7. The predicted octanol–water partition coefficient (Wildman–Crippen LogP) is 2.77. The molecule has 1 aliphatic rings. The number of methoxy groups -OCH3 is 1. The van der Waals surface area contributed by atoms with E-state index in [0.29, 0.717) is 11.7 Å². The maximum Gasteiger partial charge on any atom is 0.254 e. The average Bonchev–Trinajstić information content (AvgIpc) is 2.77. The van der Waals surface area contributed by atoms with Crippen molar-refractivity contribution in [1.82, 2.24) is 10.0 Å². The van der Waals surface area contributed by atoms with Crippen LogP contribution in [-0.2, 0) is 16.6 Å². The molecular weight excluding hydrogens is 402 g/mol. The summed E-state index contributed by atoms with van der Waals surface area (Å²) < 4.78 is 33.2. The minimum absolute atomic E-state index is 0.0147. The zero-order valence-corrected chi connectivity index (χ0v) is 18.5. The minimum atomic E-state index is -3.78. The van der Waals surface area contributed by atoms with Crippen molar-refractivity contribution in [3.8, 4) is 5.75 Å². The highest BCUT2D eigenvalue weighted by Crippen LogP contribution is 2.24. The van der Waals surface area contributed by atoms with Gasteiger partial charge in [0.2, 0.25) is 10.0 Å². The monoisotopic (exact) mass is 431 g/mol. The molecular formula is C22H29N3O4S. The largest absolute Gasteiger partial charge is 0.496 e. The van der Waals surface area contributed by atoms with Gasteiger partial charge >= 0.3 is 0 Å². The second-order valence-electron chi connectivity index (χ2n) is 7.63. The molecule has 0 aromatic heterocycles. The number of benzene rings is 2. The maximum atomic E-state index is 12.7. The van der Waals surface area contributed by atoms with Crippen molar-refractivity contribution in [2.45, 2.75) is 31.2 Å². The molecule has 1 unspecified atom stereocenters. The van der Waals surface area contributed by atoms with E-state index in [9.17, 15) is 13.2 Å². The molecule has 30 heavy (non-hydrogen) atoms. The van der Waals surface area contributed by atoms with E-state index in [-0.39, 0.29) is 17.0 Å². The highest BCUT2D eigenvalue weighted by molar-refractivity contribution is 7.89. The number of carbonyl (C=O) groups excluding carboxylic acids is 1. The van der Waals surface area contributed by atoms with Crippen LogP contribution in [-0.4, -0.2) is 41.6 Å². The van der Waals surface area contributed by atoms with Gasteiger partial charge in [-0.2, -0.15) is 0 Å². The molecule has 2 N–H and O–H groups in total. The molecule has 162 valence electrons. The number of piperidine rings is 1. The smallest absolute Gasteiger partial charge is 0.254 e. The molecule has 1 amide bonds. The van der Waals surface area contributed by atoms with Crippen LogP contribution in [0.3, 0.4) is 0 Å². The lowest BCUT2D eigenvalue weighted by atomic mass is 9.99. The Labute approximate surface area is 178 Å². The SMILES string of the molecule is CNC(=O)c1cc(S(=O)(=O)NCc2ccc(N3CCCC(C)C3)cc2)ccc1OC. The Hall–Kier alpha value is -2.58. The fraction of sp³-hybridized carbons (Fsp3) is 0.409. The van der Waals surface area contributed by atoms with Crippen LogP contribution in [0.5, 0.6) is 5.75 Å². The van der Waals surface area contributed by atoms with Crippen LogP contribution in [0.25, 0.3) is 0 Å². The van der Waals surface area contributed by atoms with E-state index in [1.165, 1.54) is 50.9 Å². The second-order valence-corrected chi connectivity index (χ2v) is 9.39. The standard InChI is InChI=1S/C22H29N3O4S/c1-16-5-4-12-25(15-16)18-8-6-17(7-9-18)14-24-30(27,28)19-10-11-21(29-3)20(13-19)22(26)23-2/h6-11,13,16,24H,4-5,12,14-15H2,1-3H3,(H,23,26). The van der Waals surface area contributed by atoms with Gasteiger partial charge in [0.25, 0.3) is 5.91 Å². The summed E-state index contributed by atoms with van der Waals surface area (Å²) in [5, 5.41) is 2.49. The molecule has 1 atom stereocenters. The Bertz CT molecular complexity index is 990. The van der Waals surface area contributed by atoms with Crippen LogP contribution >= 0.6 is 0 Å². The van der Waals surface area contributed by atoms with Crippen molar-refractivity contribution in [2.75, 3.05) is 32.1 Å². The van der Waals surface area contributed by atoms with Gasteiger partial charge in [0.15, 0.2) is 0 Å². The van der Waals surface area contributed by atoms with Crippen molar-refractivity contribution < 1.29 is 17.9 Å². The summed E-state index contributed by atoms with van der Waals surface area (Å²) in [6.07, 6.45) is 2.46. The molecule has 1 heterocycles. The number of nitrogens with one attached hydrogen (secondary N) is 2. The highest BCUT2D eigenvalue weighted by atomic mass is 32.2. The molecule has 7 nitrogen and oxygen atoms in total. The summed E-state index contributed by atoms with van der Waals surface area (Å²) in [5.41, 5.74) is 2.20. The highest BCUT2D eigenvalue weighted by Gasteiger charge is 2.20. The number of anilines is 1. The van der Waals surface area contributed by atoms with Crippen LogP contribution in [0.1, 0.15) is 35.7 Å². The molecule has 1 fully saturated rings. The van der Waals surface area contributed by atoms with Gasteiger partial charge in [-0.1, -0.05) is 19.1 Å². The van der Waals surface area contributed by atoms with Gasteiger partial charge in [0, 0.05) is 32.4 Å². The van der Waals surface area contributed by atoms with Crippen molar-refractivity contribution in [3.63, 3.8) is 0 Å². The number of nitrogens with zero attached hydrogens (tertiary/aromatic N) is 1. The molecule has 0 spiro atoms. The third-order valence-electron chi connectivity index (χ3n) is 5.38. The minimum Gasteiger partial charge on any atom is -0.496 e. The number of rotatable bonds is 7. The number of ether oxygens (including phenoxy) is 1. The normalized spacial score (nSPS) is 16.9. The Kier molecular flexibility index (Phi) is 6.99. The van der Waals surface area contributed by atoms with Gasteiger partial charge in [-0.15, -0.1) is 0 Å². The lowest BCUT2D eigenvalue weighted by molar-refractivity contribution is 0.0960. The van der Waals surface area contributed by atoms with Crippen LogP contribution in [0, 0.1) is 5.92 Å². The molecule has 0 saturated carbocycles. The first-order valence-corrected chi connectivity index (χ1v) is 11.6. The van der Waals surface area contributed by atoms with Crippen molar-refractivity contribution in [2.24, 2.45) is 5.92 Å². The fourth-order valence-electron chi connectivity index (χ4n) is 3.68. The third-order valence-corrected chi connectivity index (χ3v) is 6.78. The Morgan fingerprint density at radius 1 is 1.20 bits per heavy atom. The van der Waals surface area contributed by atoms with Crippen molar-refractivity contribution in [1.29, 1.82) is 0 Å². The Morgan fingerprint density at radius 3 is 2.57 bits per heavy atom. The van der Waals surface area contributed by atoms with Gasteiger partial charge < -0.3 is 15.0 Å². The summed E-state index contributed by atoms with van der Waals surface area (Å²) in [7, 11) is -0.867. The van der Waals surface area contributed by atoms with Gasteiger partial charge in [0.1, 0.15) is 5.75 Å². The van der Waals surface area contributed by atoms with E-state index in [1.54, 1.807) is 0 Å². The number of amides is 1. The zero-order valence-electron chi connectivity index (χ0n) is 17.6. The molecule has 1 saturated heterocycles. The molecule has 2 aromatic rings. The first kappa shape index (κ1) is 22.1. The second kappa shape index (κ2) is 9.49. The van der Waals surface area contributed by atoms with E-state index < -0.39 is 15.9 Å². The van der Waals surface area contributed by atoms with Gasteiger partial charge in [-0.05, 0) is 54.7 Å². The van der Waals surface area contributed by atoms with Crippen molar-refractivity contribution >= 4 is 21.6 Å². The van der Waals surface area contributed by atoms with E-state index in [1.807, 2.05) is 24.3 Å². The van der Waals surface area contributed by atoms with Gasteiger partial charge in [-0.3, -0.25) is 4.79 Å². The van der Waals surface area contributed by atoms with E-state index in [0.717, 1.165) is 18.7 Å². The van der Waals surface area contributed by atoms with Crippen LogP contribution in [0.2, 0.25) is 0 Å². The summed E-state index contributed by atoms with van der Waals surface area (Å²) in [5.74, 6) is 0.594. The third kappa shape index (κ3) is 5.12. The van der Waals surface area contributed by atoms with Crippen LogP contribution in [0.4, 0.5) is 5.69 Å². The summed E-state index contributed by atoms with van der Waals surface area (Å²) in [4.78, 5) is 14.4. The van der Waals surface area contributed by atoms with Crippen molar-refractivity contribution in [3.05, 3.63) is 53.6 Å². The lowest BCUT2D eigenvalue weighted by Gasteiger charge is -2.32. The lowest BCUT2D eigenvalue weighted by Crippen LogP contribution is -2.34. The number of carbonyl (C=O) groups is 1. The fourth-order valence-corrected chi connectivity index (χ4v) is 4.72. The molecule has 3 rings (SSSR count). The summed E-state index contributed by atoms with van der Waals surface area (Å²) in [6, 6.07) is 12.2. The number of sulfonamides is 1. The molecule has 0 bridgehead atoms. The first-order chi connectivity index (χ1) is 14.3. The molecule has 2 aromatic carbocycles. The summed E-state index contributed by atoms with van der Waals surface area (Å²) >= 11 is 0. The Balaban J connectivity index is 1.70. The topological polar surface area (TPSA) is 87.7 Å². The van der Waals surface area contributed by atoms with Gasteiger partial charge in [0.05, 0.1) is 17.6 Å². The quantitative estimate of drug-likeness (QED) is 0.704. The molecule has 8 heteroatoms. The van der Waals surface area contributed by atoms with Gasteiger partial charge in [-0.25, -0.2) is 13.1 Å². The summed E-state index contributed by atoms with van der Waals surface area (Å²) in [6.45, 7) is 4.54. The van der Waals surface area contributed by atoms with E-state index >= 15 is 0 Å². The molecule has 0 aliphatic carbocycles. The van der Waals surface area contributed by atoms with E-state index in [2.05, 4.69) is 21.9 Å². The molecule has 0 radical (unpaired) electrons. The van der Waals surface area contributed by atoms with E-state index in [4.69, 9.17) is 4.74 Å². The Morgan fingerprint density at radius 2 is 1.93 bits per heavy atom. The van der Waals surface area contributed by atoms with Crippen LogP contribution < -0.4 is 19.7 Å². The predicted molar refractivity (Wildman–Crippen MR) is 117 cm³/mol. The number of hydrogen-bond acceptors (Lipinski definition) is 5.